The second kappa shape index (κ2) is 14.8. The Morgan fingerprint density at radius 2 is 1.36 bits per heavy atom. The van der Waals surface area contributed by atoms with Gasteiger partial charge in [-0.3, -0.25) is 14.3 Å². The van der Waals surface area contributed by atoms with Crippen molar-refractivity contribution in [1.29, 1.82) is 0 Å². The number of aliphatic hydroxyl groups is 1. The molecule has 2 atom stereocenters. The zero-order valence-electron chi connectivity index (χ0n) is 23.6. The van der Waals surface area contributed by atoms with Gasteiger partial charge in [0.05, 0.1) is 39.1 Å². The van der Waals surface area contributed by atoms with Crippen molar-refractivity contribution in [2.24, 2.45) is 0 Å². The van der Waals surface area contributed by atoms with Crippen molar-refractivity contribution in [3.05, 3.63) is 147 Å². The van der Waals surface area contributed by atoms with E-state index < -0.39 is 30.8 Å². The number of hydrogen-bond acceptors (Lipinski definition) is 10. The highest BCUT2D eigenvalue weighted by Gasteiger charge is 2.42. The van der Waals surface area contributed by atoms with E-state index in [1.165, 1.54) is 10.9 Å². The van der Waals surface area contributed by atoms with Crippen LogP contribution in [0.1, 0.15) is 22.4 Å². The predicted molar refractivity (Wildman–Crippen MR) is 159 cm³/mol. The van der Waals surface area contributed by atoms with Crippen LogP contribution in [0.4, 0.5) is 0 Å². The molecule has 0 saturated carbocycles. The van der Waals surface area contributed by atoms with Crippen molar-refractivity contribution < 1.29 is 23.5 Å². The highest BCUT2D eigenvalue weighted by molar-refractivity contribution is 7.54. The molecule has 228 valence electrons. The lowest BCUT2D eigenvalue weighted by atomic mass is 10.2. The Morgan fingerprint density at radius 1 is 0.818 bits per heavy atom. The van der Waals surface area contributed by atoms with E-state index in [-0.39, 0.29) is 32.9 Å². The lowest BCUT2D eigenvalue weighted by Gasteiger charge is -2.29. The molecule has 0 saturated heterocycles. The fraction of sp³-hybridized carbons (Fsp3) is 0.233. The third-order valence-electron chi connectivity index (χ3n) is 6.52. The third-order valence-corrected chi connectivity index (χ3v) is 8.47. The van der Waals surface area contributed by atoms with Crippen molar-refractivity contribution in [1.82, 2.24) is 29.8 Å². The number of H-pyrrole nitrogens is 1. The Bertz CT molecular complexity index is 1730. The molecule has 44 heavy (non-hydrogen) atoms. The van der Waals surface area contributed by atoms with Crippen LogP contribution in [0.25, 0.3) is 0 Å². The summed E-state index contributed by atoms with van der Waals surface area (Å²) >= 11 is 0. The first kappa shape index (κ1) is 30.9. The molecule has 3 aromatic carbocycles. The third kappa shape index (κ3) is 8.53. The zero-order valence-corrected chi connectivity index (χ0v) is 24.5. The van der Waals surface area contributed by atoms with Crippen molar-refractivity contribution in [3.63, 3.8) is 0 Å². The molecule has 0 bridgehead atoms. The molecule has 2 aromatic heterocycles. The molecule has 0 amide bonds. The van der Waals surface area contributed by atoms with Crippen LogP contribution in [0.5, 0.6) is 0 Å². The van der Waals surface area contributed by atoms with Gasteiger partial charge in [0.2, 0.25) is 0 Å². The quantitative estimate of drug-likeness (QED) is 0.167. The molecule has 2 N–H and O–H groups in total. The maximum absolute atomic E-state index is 14.3. The fourth-order valence-electron chi connectivity index (χ4n) is 4.21. The predicted octanol–water partition coefficient (Wildman–Crippen LogP) is 3.10. The number of aromatic nitrogens is 6. The molecule has 0 fully saturated rings. The van der Waals surface area contributed by atoms with Gasteiger partial charge in [0.1, 0.15) is 18.0 Å². The van der Waals surface area contributed by atoms with E-state index in [0.717, 1.165) is 27.6 Å². The van der Waals surface area contributed by atoms with Crippen LogP contribution in [-0.2, 0) is 51.3 Å². The first-order valence-corrected chi connectivity index (χ1v) is 15.3. The van der Waals surface area contributed by atoms with E-state index in [1.54, 1.807) is 0 Å². The summed E-state index contributed by atoms with van der Waals surface area (Å²) in [5, 5.41) is 23.6. The molecule has 0 radical (unpaired) electrons. The van der Waals surface area contributed by atoms with E-state index >= 15 is 0 Å². The molecule has 0 unspecified atom stereocenters. The summed E-state index contributed by atoms with van der Waals surface area (Å²) in [5.74, 6) is -1.71. The Balaban J connectivity index is 1.38. The standard InChI is InChI=1S/C30H31N6O7P/c37-28-16-31-36(30(39)32-28)18-26-17-35(34-33-26)19-27(41-20-23-10-4-1-5-11-23)29(38)44(40,42-21-24-12-6-2-7-13-24)43-22-25-14-8-3-9-15-25/h1-17,27,29,38H,18-22H2,(H,32,37,39)/t27-,29+/m0/s1. The number of hydrogen-bond donors (Lipinski definition) is 2. The van der Waals surface area contributed by atoms with Crippen LogP contribution >= 0.6 is 7.60 Å². The molecule has 0 aliphatic carbocycles. The summed E-state index contributed by atoms with van der Waals surface area (Å²) in [6.07, 6.45) is 1.40. The average molecular weight is 619 g/mol. The number of nitrogens with one attached hydrogen (secondary N) is 1. The molecule has 13 nitrogen and oxygen atoms in total. The summed E-state index contributed by atoms with van der Waals surface area (Å²) in [4.78, 5) is 25.5. The average Bonchev–Trinajstić information content (AvgIpc) is 3.50. The monoisotopic (exact) mass is 618 g/mol. The molecular formula is C30H31N6O7P. The second-order valence-corrected chi connectivity index (χ2v) is 12.0. The van der Waals surface area contributed by atoms with Gasteiger partial charge in [0.25, 0.3) is 5.56 Å². The van der Waals surface area contributed by atoms with Crippen LogP contribution in [0, 0.1) is 0 Å². The van der Waals surface area contributed by atoms with Crippen molar-refractivity contribution in [3.8, 4) is 0 Å². The minimum atomic E-state index is -4.24. The Kier molecular flexibility index (Phi) is 10.4. The van der Waals surface area contributed by atoms with Gasteiger partial charge in [-0.2, -0.15) is 5.10 Å². The molecule has 2 heterocycles. The normalized spacial score (nSPS) is 13.0. The van der Waals surface area contributed by atoms with Crippen LogP contribution in [0.2, 0.25) is 0 Å². The van der Waals surface area contributed by atoms with Gasteiger partial charge in [-0.15, -0.1) is 5.10 Å². The summed E-state index contributed by atoms with van der Waals surface area (Å²) in [6.45, 7) is -0.180. The van der Waals surface area contributed by atoms with Gasteiger partial charge < -0.3 is 18.9 Å². The van der Waals surface area contributed by atoms with Crippen molar-refractivity contribution in [2.45, 2.75) is 44.9 Å². The Morgan fingerprint density at radius 3 is 1.91 bits per heavy atom. The fourth-order valence-corrected chi connectivity index (χ4v) is 5.83. The van der Waals surface area contributed by atoms with E-state index in [4.69, 9.17) is 13.8 Å². The first-order chi connectivity index (χ1) is 21.4. The largest absolute Gasteiger partial charge is 0.378 e. The summed E-state index contributed by atoms with van der Waals surface area (Å²) in [5.41, 5.74) is 1.37. The van der Waals surface area contributed by atoms with Gasteiger partial charge in [0.15, 0.2) is 5.85 Å². The number of rotatable bonds is 15. The molecule has 5 aromatic rings. The van der Waals surface area contributed by atoms with Crippen LogP contribution in [0.15, 0.2) is 113 Å². The first-order valence-electron chi connectivity index (χ1n) is 13.7. The highest BCUT2D eigenvalue weighted by atomic mass is 31.2. The molecule has 14 heteroatoms. The van der Waals surface area contributed by atoms with E-state index in [1.807, 2.05) is 91.0 Å². The molecule has 5 rings (SSSR count). The van der Waals surface area contributed by atoms with Crippen LogP contribution in [-0.4, -0.2) is 46.8 Å². The number of aromatic amines is 1. The number of aliphatic hydroxyl groups excluding tert-OH is 1. The van der Waals surface area contributed by atoms with Gasteiger partial charge in [-0.1, -0.05) is 96.2 Å². The topological polar surface area (TPSA) is 163 Å². The second-order valence-electron chi connectivity index (χ2n) is 9.84. The smallest absolute Gasteiger partial charge is 0.362 e. The number of ether oxygens (including phenoxy) is 1. The van der Waals surface area contributed by atoms with Crippen molar-refractivity contribution in [2.75, 3.05) is 0 Å². The number of nitrogens with zero attached hydrogens (tertiary/aromatic N) is 5. The highest BCUT2D eigenvalue weighted by Crippen LogP contribution is 2.55. The summed E-state index contributed by atoms with van der Waals surface area (Å²) in [7, 11) is -4.24. The van der Waals surface area contributed by atoms with Gasteiger partial charge in [-0.05, 0) is 16.7 Å². The van der Waals surface area contributed by atoms with Crippen LogP contribution in [0.3, 0.4) is 0 Å². The minimum Gasteiger partial charge on any atom is -0.378 e. The summed E-state index contributed by atoms with van der Waals surface area (Å²) in [6, 6.07) is 27.6. The van der Waals surface area contributed by atoms with Gasteiger partial charge >= 0.3 is 13.3 Å². The molecule has 0 aliphatic rings. The molecule has 0 spiro atoms. The maximum Gasteiger partial charge on any atom is 0.362 e. The SMILES string of the molecule is O=c1cnn(Cc2cn(C[C@H](OCc3ccccc3)[C@H](O)P(=O)(OCc3ccccc3)OCc3ccccc3)nn2)c(=O)[nH]1. The summed E-state index contributed by atoms with van der Waals surface area (Å²) < 4.78 is 34.6. The van der Waals surface area contributed by atoms with Gasteiger partial charge in [0, 0.05) is 0 Å². The number of benzene rings is 3. The molecular weight excluding hydrogens is 587 g/mol. The van der Waals surface area contributed by atoms with E-state index in [2.05, 4.69) is 20.4 Å². The lowest BCUT2D eigenvalue weighted by molar-refractivity contribution is -0.0384. The maximum atomic E-state index is 14.3. The van der Waals surface area contributed by atoms with Crippen molar-refractivity contribution >= 4 is 7.60 Å². The minimum absolute atomic E-state index is 0.0629. The van der Waals surface area contributed by atoms with E-state index in [0.29, 0.717) is 5.69 Å². The van der Waals surface area contributed by atoms with Gasteiger partial charge in [-0.25, -0.2) is 14.2 Å². The van der Waals surface area contributed by atoms with E-state index in [9.17, 15) is 19.3 Å². The molecule has 0 aliphatic heterocycles. The Hall–Kier alpha value is -4.52. The van der Waals surface area contributed by atoms with Crippen LogP contribution < -0.4 is 11.2 Å². The zero-order chi connectivity index (χ0) is 30.8. The lowest BCUT2D eigenvalue weighted by Crippen LogP contribution is -2.34. The Labute approximate surface area is 252 Å².